The molecule has 0 spiro atoms. The molecule has 5 N–H and O–H groups in total. The fourth-order valence-electron chi connectivity index (χ4n) is 8.11. The normalized spacial score (nSPS) is 18.1. The molecule has 4 aromatic carbocycles. The number of ether oxygens (including phenoxy) is 1. The van der Waals surface area contributed by atoms with Crippen molar-refractivity contribution in [2.24, 2.45) is 25.9 Å². The topological polar surface area (TPSA) is 170 Å². The van der Waals surface area contributed by atoms with E-state index in [1.165, 1.54) is 35.2 Å². The number of nitrogens with zero attached hydrogens (tertiary/aromatic N) is 5. The first-order valence-electron chi connectivity index (χ1n) is 21.6. The van der Waals surface area contributed by atoms with Crippen LogP contribution >= 0.6 is 0 Å². The number of nitrogens with one attached hydrogen (secondary N) is 2. The molecule has 2 amide bonds. The number of benzene rings is 4. The summed E-state index contributed by atoms with van der Waals surface area (Å²) in [5.41, 5.74) is 8.96. The van der Waals surface area contributed by atoms with E-state index in [0.717, 1.165) is 41.2 Å². The Hall–Kier alpha value is -7.15. The summed E-state index contributed by atoms with van der Waals surface area (Å²) in [7, 11) is 3.57. The van der Waals surface area contributed by atoms with E-state index in [0.29, 0.717) is 49.2 Å². The largest absolute Gasteiger partial charge is 0.481 e. The molecule has 0 unspecified atom stereocenters. The van der Waals surface area contributed by atoms with E-state index in [4.69, 9.17) is 10.5 Å². The molecule has 0 aliphatic carbocycles. The second-order valence-electron chi connectivity index (χ2n) is 17.4. The summed E-state index contributed by atoms with van der Waals surface area (Å²) in [5, 5.41) is 23.4. The van der Waals surface area contributed by atoms with Gasteiger partial charge in [-0.05, 0) is 118 Å². The number of carboxylic acids is 1. The molecule has 13 nitrogen and oxygen atoms in total. The minimum Gasteiger partial charge on any atom is -0.481 e. The van der Waals surface area contributed by atoms with Crippen molar-refractivity contribution >= 4 is 29.3 Å². The molecule has 19 heteroatoms. The molecule has 2 aromatic heterocycles. The maximum Gasteiger partial charge on any atom is 0.410 e. The predicted molar refractivity (Wildman–Crippen MR) is 243 cm³/mol. The molecule has 2 fully saturated rings. The maximum absolute atomic E-state index is 14.7. The summed E-state index contributed by atoms with van der Waals surface area (Å²) >= 11 is 0. The highest BCUT2D eigenvalue weighted by atomic mass is 19.2. The highest BCUT2D eigenvalue weighted by molar-refractivity contribution is 5.94. The summed E-state index contributed by atoms with van der Waals surface area (Å²) < 4.78 is 89.9. The van der Waals surface area contributed by atoms with Gasteiger partial charge in [-0.3, -0.25) is 19.0 Å². The van der Waals surface area contributed by atoms with Gasteiger partial charge in [-0.2, -0.15) is 10.2 Å². The van der Waals surface area contributed by atoms with Gasteiger partial charge in [0.25, 0.3) is 0 Å². The molecule has 2 aliphatic rings. The monoisotopic (exact) mass is 946 g/mol. The molecule has 68 heavy (non-hydrogen) atoms. The van der Waals surface area contributed by atoms with Crippen molar-refractivity contribution in [1.29, 1.82) is 0 Å². The Balaban J connectivity index is 0.000000179. The van der Waals surface area contributed by atoms with Crippen molar-refractivity contribution in [1.82, 2.24) is 29.8 Å². The molecule has 2 aliphatic heterocycles. The van der Waals surface area contributed by atoms with Gasteiger partial charge in [-0.1, -0.05) is 24.3 Å². The fourth-order valence-corrected chi connectivity index (χ4v) is 8.11. The Bertz CT molecular complexity index is 2760. The number of aliphatic carboxylic acids is 1. The number of nitrogen functional groups attached to an aromatic ring is 1. The lowest BCUT2D eigenvalue weighted by molar-refractivity contribution is -0.144. The highest BCUT2D eigenvalue weighted by Crippen LogP contribution is 2.36. The summed E-state index contributed by atoms with van der Waals surface area (Å²) in [4.78, 5) is 38.0. The van der Waals surface area contributed by atoms with E-state index < -0.39 is 70.3 Å². The number of anilines is 2. The van der Waals surface area contributed by atoms with Crippen LogP contribution in [0.4, 0.5) is 42.5 Å². The molecule has 2 saturated heterocycles. The van der Waals surface area contributed by atoms with Crippen LogP contribution in [0.2, 0.25) is 0 Å². The number of hydrogen-bond donors (Lipinski definition) is 4. The molecule has 4 atom stereocenters. The molecule has 0 bridgehead atoms. The van der Waals surface area contributed by atoms with E-state index in [1.807, 2.05) is 13.1 Å². The summed E-state index contributed by atoms with van der Waals surface area (Å²) in [6, 6.07) is 20.0. The van der Waals surface area contributed by atoms with Crippen molar-refractivity contribution in [2.45, 2.75) is 51.0 Å². The van der Waals surface area contributed by atoms with Gasteiger partial charge in [-0.25, -0.2) is 31.1 Å². The third kappa shape index (κ3) is 12.4. The average molecular weight is 947 g/mol. The molecular formula is C49H52F6N8O5. The van der Waals surface area contributed by atoms with Crippen molar-refractivity contribution in [3.63, 3.8) is 0 Å². The maximum atomic E-state index is 14.7. The third-order valence-electron chi connectivity index (χ3n) is 11.6. The van der Waals surface area contributed by atoms with E-state index in [9.17, 15) is 45.8 Å². The van der Waals surface area contributed by atoms with Gasteiger partial charge >= 0.3 is 12.1 Å². The highest BCUT2D eigenvalue weighted by Gasteiger charge is 2.39. The molecular weight excluding hydrogens is 895 g/mol. The minimum atomic E-state index is -1.09. The predicted octanol–water partition coefficient (Wildman–Crippen LogP) is 9.03. The smallest absolute Gasteiger partial charge is 0.410 e. The number of likely N-dealkylation sites (tertiary alicyclic amines) is 1. The van der Waals surface area contributed by atoms with Crippen LogP contribution in [-0.2, 0) is 28.4 Å². The molecule has 360 valence electrons. The first kappa shape index (κ1) is 50.3. The van der Waals surface area contributed by atoms with E-state index in [1.54, 1.807) is 73.8 Å². The van der Waals surface area contributed by atoms with Gasteiger partial charge in [0.05, 0.1) is 34.6 Å². The van der Waals surface area contributed by atoms with Gasteiger partial charge in [0, 0.05) is 63.2 Å². The van der Waals surface area contributed by atoms with Crippen LogP contribution in [0.25, 0.3) is 22.5 Å². The molecule has 0 saturated carbocycles. The number of nitrogens with two attached hydrogens (primary N) is 1. The van der Waals surface area contributed by atoms with E-state index >= 15 is 0 Å². The lowest BCUT2D eigenvalue weighted by Crippen LogP contribution is -2.47. The Morgan fingerprint density at radius 3 is 1.74 bits per heavy atom. The van der Waals surface area contributed by atoms with Gasteiger partial charge in [0.15, 0.2) is 23.3 Å². The number of carboxylic acid groups (broad SMARTS) is 1. The Morgan fingerprint density at radius 1 is 0.706 bits per heavy atom. The number of piperidine rings is 2. The zero-order valence-corrected chi connectivity index (χ0v) is 38.0. The first-order chi connectivity index (χ1) is 32.2. The van der Waals surface area contributed by atoms with E-state index in [2.05, 4.69) is 20.8 Å². The first-order valence-corrected chi connectivity index (χ1v) is 21.6. The SMILES string of the molecule is CC(C)(C)OC(=O)N1CC[C@@H](c2ccc(F)c(F)c2)[C@H](C(=O)O)C1.Cn1nccc1-c1ccc(N)c(F)c1.Cn1nccc1-c1ccc(NC(=O)[C@@H]2CNCC[C@H]2c2ccc(F)c(F)c2)c(F)c1. The Labute approximate surface area is 388 Å². The second kappa shape index (κ2) is 21.6. The van der Waals surface area contributed by atoms with Crippen molar-refractivity contribution in [2.75, 3.05) is 37.2 Å². The standard InChI is InChI=1S/C22H21F3N4O.C17H21F2NO4.C10H10FN3/c1-29-21(7-9-27-29)14-3-5-20(19(25)11-14)28-22(30)16-12-26-8-6-15(16)13-2-4-17(23)18(24)10-13;1-17(2,3)24-16(23)20-7-6-11(12(9-20)15(21)22)10-4-5-13(18)14(19)8-10;1-14-10(4-5-13-14)7-2-3-9(12)8(11)6-7/h2-5,7,9-11,15-16,26H,6,8,12H2,1H3,(H,28,30);4-5,8,11-12H,6-7,9H2,1-3H3,(H,21,22);2-6H,12H2,1H3/t15-,16+;11-,12+;/m00./s1. The van der Waals surface area contributed by atoms with Crippen molar-refractivity contribution < 1.29 is 50.6 Å². The molecule has 0 radical (unpaired) electrons. The van der Waals surface area contributed by atoms with Crippen LogP contribution in [0, 0.1) is 46.7 Å². The number of aryl methyl sites for hydroxylation is 2. The minimum absolute atomic E-state index is 0.0338. The number of carbonyl (C=O) groups excluding carboxylic acids is 2. The third-order valence-corrected chi connectivity index (χ3v) is 11.6. The van der Waals surface area contributed by atoms with Crippen molar-refractivity contribution in [3.05, 3.63) is 143 Å². The molecule has 8 rings (SSSR count). The summed E-state index contributed by atoms with van der Waals surface area (Å²) in [6.45, 7) is 6.47. The number of rotatable bonds is 7. The zero-order valence-electron chi connectivity index (χ0n) is 38.0. The number of halogens is 6. The quantitative estimate of drug-likeness (QED) is 0.0901. The lowest BCUT2D eigenvalue weighted by atomic mass is 9.80. The number of amides is 2. The number of aromatic nitrogens is 4. The molecule has 4 heterocycles. The Morgan fingerprint density at radius 2 is 1.25 bits per heavy atom. The van der Waals surface area contributed by atoms with E-state index in [-0.39, 0.29) is 29.7 Å². The Kier molecular flexibility index (Phi) is 16.0. The number of hydrogen-bond acceptors (Lipinski definition) is 8. The van der Waals surface area contributed by atoms with Crippen LogP contribution in [0.5, 0.6) is 0 Å². The van der Waals surface area contributed by atoms with Crippen LogP contribution in [0.1, 0.15) is 56.6 Å². The van der Waals surface area contributed by atoms with Gasteiger partial charge in [-0.15, -0.1) is 0 Å². The van der Waals surface area contributed by atoms with Gasteiger partial charge in [0.2, 0.25) is 5.91 Å². The molecule has 6 aromatic rings. The fraction of sp³-hybridized carbons (Fsp3) is 0.327. The average Bonchev–Trinajstić information content (AvgIpc) is 3.94. The van der Waals surface area contributed by atoms with Gasteiger partial charge < -0.3 is 31.1 Å². The van der Waals surface area contributed by atoms with Gasteiger partial charge in [0.1, 0.15) is 17.2 Å². The summed E-state index contributed by atoms with van der Waals surface area (Å²) in [5.74, 6) is -8.50. The zero-order chi connectivity index (χ0) is 49.4. The number of carbonyl (C=O) groups is 3. The van der Waals surface area contributed by atoms with Crippen LogP contribution in [0.15, 0.2) is 97.3 Å². The van der Waals surface area contributed by atoms with Crippen LogP contribution in [0.3, 0.4) is 0 Å². The van der Waals surface area contributed by atoms with Crippen LogP contribution < -0.4 is 16.4 Å². The second-order valence-corrected chi connectivity index (χ2v) is 17.4. The van der Waals surface area contributed by atoms with Crippen LogP contribution in [-0.4, -0.2) is 79.3 Å². The summed E-state index contributed by atoms with van der Waals surface area (Å²) in [6.07, 6.45) is 3.64. The van der Waals surface area contributed by atoms with Crippen molar-refractivity contribution in [3.8, 4) is 22.5 Å². The lowest BCUT2D eigenvalue weighted by Gasteiger charge is -2.37.